The highest BCUT2D eigenvalue weighted by Crippen LogP contribution is 2.34. The summed E-state index contributed by atoms with van der Waals surface area (Å²) in [6.07, 6.45) is 3.27. The first kappa shape index (κ1) is 54.8. The lowest BCUT2D eigenvalue weighted by Gasteiger charge is -2.39. The number of unbranched alkanes of at least 4 members (excludes halogenated alkanes) is 1. The first-order valence-electron chi connectivity index (χ1n) is 24.8. The Hall–Kier alpha value is -7.48. The molecule has 1 fully saturated rings. The van der Waals surface area contributed by atoms with Gasteiger partial charge in [0.1, 0.15) is 35.7 Å². The number of halogens is 1. The summed E-state index contributed by atoms with van der Waals surface area (Å²) >= 11 is 6.63. The minimum Gasteiger partial charge on any atom is -0.368 e. The predicted molar refractivity (Wildman–Crippen MR) is 273 cm³/mol. The third-order valence-corrected chi connectivity index (χ3v) is 13.6. The summed E-state index contributed by atoms with van der Waals surface area (Å²) in [4.78, 5) is 128. The van der Waals surface area contributed by atoms with Gasteiger partial charge in [0.05, 0.1) is 6.42 Å². The van der Waals surface area contributed by atoms with Crippen molar-refractivity contribution in [1.82, 2.24) is 47.5 Å². The number of amides is 10. The van der Waals surface area contributed by atoms with Crippen molar-refractivity contribution in [2.75, 3.05) is 13.1 Å². The van der Waals surface area contributed by atoms with Crippen LogP contribution in [0.5, 0.6) is 0 Å². The number of nitrogens with one attached hydrogen (secondary N) is 9. The number of carbonyl (C=O) groups is 9. The summed E-state index contributed by atoms with van der Waals surface area (Å²) in [5.41, 5.74) is 12.9. The molecular weight excluding hydrogens is 958 g/mol. The van der Waals surface area contributed by atoms with Crippen LogP contribution in [0.4, 0.5) is 4.79 Å². The summed E-state index contributed by atoms with van der Waals surface area (Å²) in [5.74, 6) is -5.80. The fourth-order valence-electron chi connectivity index (χ4n) is 9.23. The molecule has 73 heavy (non-hydrogen) atoms. The van der Waals surface area contributed by atoms with Crippen LogP contribution in [0.1, 0.15) is 93.4 Å². The fraction of sp³-hybridized carbons (Fsp3) is 0.442. The van der Waals surface area contributed by atoms with E-state index in [1.807, 2.05) is 31.2 Å². The molecule has 13 N–H and O–H groups in total. The zero-order valence-electron chi connectivity index (χ0n) is 40.9. The number of H-pyrrole nitrogens is 1. The lowest BCUT2D eigenvalue weighted by molar-refractivity contribution is -0.139. The van der Waals surface area contributed by atoms with E-state index in [9.17, 15) is 38.4 Å². The number of aromatic nitrogens is 1. The molecule has 1 aromatic heterocycles. The molecule has 6 rings (SSSR count). The topological polar surface area (TPSA) is 318 Å². The number of carbonyl (C=O) groups excluding carboxylic acids is 9. The quantitative estimate of drug-likeness (QED) is 0.0871. The summed E-state index contributed by atoms with van der Waals surface area (Å²) in [5, 5.41) is 23.3. The minimum atomic E-state index is -1.75. The molecule has 0 bridgehead atoms. The molecule has 0 radical (unpaired) electrons. The molecule has 10 amide bonds. The Morgan fingerprint density at radius 3 is 2.25 bits per heavy atom. The highest BCUT2D eigenvalue weighted by Gasteiger charge is 2.46. The summed E-state index contributed by atoms with van der Waals surface area (Å²) in [6, 6.07) is 13.9. The molecule has 2 aliphatic rings. The molecule has 4 aromatic rings. The first-order chi connectivity index (χ1) is 35.0. The third kappa shape index (κ3) is 15.5. The molecule has 1 spiro atoms. The minimum absolute atomic E-state index is 0.00769. The van der Waals surface area contributed by atoms with Crippen molar-refractivity contribution in [2.24, 2.45) is 11.5 Å². The van der Waals surface area contributed by atoms with Crippen molar-refractivity contribution in [3.63, 3.8) is 0 Å². The second-order valence-electron chi connectivity index (χ2n) is 18.7. The number of nitrogens with two attached hydrogens (primary N) is 2. The number of fused-ring (bicyclic) bond motifs is 2. The summed E-state index contributed by atoms with van der Waals surface area (Å²) in [7, 11) is 0. The second kappa shape index (κ2) is 26.3. The van der Waals surface area contributed by atoms with Crippen molar-refractivity contribution in [1.29, 1.82) is 0 Å². The van der Waals surface area contributed by atoms with Crippen LogP contribution in [0, 0.1) is 0 Å². The Morgan fingerprint density at radius 2 is 1.49 bits per heavy atom. The van der Waals surface area contributed by atoms with Crippen LogP contribution in [0.15, 0.2) is 79.0 Å². The molecule has 21 heteroatoms. The molecule has 1 aliphatic heterocycles. The summed E-state index contributed by atoms with van der Waals surface area (Å²) < 4.78 is 0. The van der Waals surface area contributed by atoms with E-state index in [2.05, 4.69) is 47.5 Å². The van der Waals surface area contributed by atoms with E-state index < -0.39 is 95.5 Å². The number of primary amides is 2. The third-order valence-electron chi connectivity index (χ3n) is 13.2. The van der Waals surface area contributed by atoms with Gasteiger partial charge in [0, 0.05) is 60.9 Å². The standard InChI is InChI=1S/C52H66ClN11O9/c1-2-3-21-43(65)59-42-28-44(66)56-24-10-9-19-38(45(54)67)60-48(70)41(27-33-30-58-37-18-8-7-16-35(33)37)62-46(68)39(20-12-25-57-51(55)73)61-47(69)40(26-31-13-5-4-6-14-31)63-50(72)52(64-49(42)71)23-22-34-32(29-52)15-11-17-36(34)53/h4-8,11,13-18,30,38-42,58H,2-3,9-10,12,19-29H2,1H3,(H2,54,67)(H,56,66)(H,59,65)(H,60,70)(H,61,69)(H,62,68)(H,63,72)(H,64,71)(H3,55,57,73)/t38-,39-,40+,41-,42?,52+/m0/s1. The Balaban J connectivity index is 1.41. The van der Waals surface area contributed by atoms with E-state index in [4.69, 9.17) is 23.1 Å². The van der Waals surface area contributed by atoms with Gasteiger partial charge in [-0.3, -0.25) is 38.4 Å². The van der Waals surface area contributed by atoms with Gasteiger partial charge in [0.2, 0.25) is 47.3 Å². The van der Waals surface area contributed by atoms with Gasteiger partial charge in [-0.15, -0.1) is 0 Å². The van der Waals surface area contributed by atoms with E-state index in [1.165, 1.54) is 0 Å². The van der Waals surface area contributed by atoms with Crippen molar-refractivity contribution in [3.05, 3.63) is 106 Å². The molecule has 6 atom stereocenters. The SMILES string of the molecule is CCCCC(=O)NC1CC(=O)NCCCC[C@@H](C(N)=O)NC(=O)[C@H](Cc2c[nH]c3ccccc23)NC(=O)[C@H](CCCNC(N)=O)NC(=O)[C@@H](Cc2ccccc2)NC(=O)[C@]2(CCc3c(Cl)cccc3C2)NC1=O. The monoisotopic (exact) mass is 1020 g/mol. The maximum atomic E-state index is 15.2. The highest BCUT2D eigenvalue weighted by molar-refractivity contribution is 6.31. The smallest absolute Gasteiger partial charge is 0.312 e. The average Bonchev–Trinajstić information content (AvgIpc) is 3.77. The zero-order valence-corrected chi connectivity index (χ0v) is 41.7. The van der Waals surface area contributed by atoms with Gasteiger partial charge in [-0.05, 0) is 85.8 Å². The van der Waals surface area contributed by atoms with Gasteiger partial charge in [0.15, 0.2) is 0 Å². The fourth-order valence-corrected chi connectivity index (χ4v) is 9.52. The van der Waals surface area contributed by atoms with Crippen LogP contribution in [-0.2, 0) is 64.0 Å². The van der Waals surface area contributed by atoms with E-state index in [0.717, 1.165) is 16.5 Å². The van der Waals surface area contributed by atoms with Crippen molar-refractivity contribution in [3.8, 4) is 0 Å². The van der Waals surface area contributed by atoms with E-state index in [0.29, 0.717) is 47.4 Å². The van der Waals surface area contributed by atoms with Crippen LogP contribution in [0.2, 0.25) is 5.02 Å². The van der Waals surface area contributed by atoms with Crippen molar-refractivity contribution in [2.45, 2.75) is 133 Å². The number of benzene rings is 3. The first-order valence-corrected chi connectivity index (χ1v) is 25.2. The molecule has 2 heterocycles. The van der Waals surface area contributed by atoms with Gasteiger partial charge < -0.3 is 59.0 Å². The Kier molecular flexibility index (Phi) is 19.7. The zero-order chi connectivity index (χ0) is 52.5. The van der Waals surface area contributed by atoms with Crippen molar-refractivity contribution < 1.29 is 43.2 Å². The lowest BCUT2D eigenvalue weighted by Crippen LogP contribution is -2.67. The van der Waals surface area contributed by atoms with Gasteiger partial charge in [0.25, 0.3) is 0 Å². The van der Waals surface area contributed by atoms with Crippen LogP contribution in [0.25, 0.3) is 10.9 Å². The van der Waals surface area contributed by atoms with Gasteiger partial charge in [-0.1, -0.05) is 85.6 Å². The Morgan fingerprint density at radius 1 is 0.781 bits per heavy atom. The Labute approximate surface area is 428 Å². The van der Waals surface area contributed by atoms with E-state index in [-0.39, 0.29) is 70.9 Å². The van der Waals surface area contributed by atoms with Gasteiger partial charge in [-0.2, -0.15) is 0 Å². The molecule has 390 valence electrons. The van der Waals surface area contributed by atoms with E-state index >= 15 is 4.79 Å². The number of urea groups is 1. The maximum absolute atomic E-state index is 15.2. The highest BCUT2D eigenvalue weighted by atomic mass is 35.5. The maximum Gasteiger partial charge on any atom is 0.312 e. The van der Waals surface area contributed by atoms with E-state index in [1.54, 1.807) is 54.7 Å². The normalized spacial score (nSPS) is 22.8. The molecule has 1 unspecified atom stereocenters. The molecule has 3 aromatic carbocycles. The van der Waals surface area contributed by atoms with Crippen LogP contribution in [-0.4, -0.2) is 107 Å². The molecule has 0 saturated carbocycles. The van der Waals surface area contributed by atoms with Gasteiger partial charge in [-0.25, -0.2) is 4.79 Å². The molecule has 1 saturated heterocycles. The largest absolute Gasteiger partial charge is 0.368 e. The number of aromatic amines is 1. The average molecular weight is 1020 g/mol. The van der Waals surface area contributed by atoms with Crippen LogP contribution < -0.4 is 54.0 Å². The summed E-state index contributed by atoms with van der Waals surface area (Å²) in [6.45, 7) is 2.02. The molecular formula is C52H66ClN11O9. The van der Waals surface area contributed by atoms with Gasteiger partial charge >= 0.3 is 6.03 Å². The van der Waals surface area contributed by atoms with Crippen LogP contribution in [0.3, 0.4) is 0 Å². The molecule has 20 nitrogen and oxygen atoms in total. The number of hydrogen-bond acceptors (Lipinski definition) is 9. The Bertz CT molecular complexity index is 2650. The number of para-hydroxylation sites is 1. The van der Waals surface area contributed by atoms with Crippen LogP contribution >= 0.6 is 11.6 Å². The lowest BCUT2D eigenvalue weighted by atomic mass is 9.76. The number of rotatable bonds is 13. The predicted octanol–water partition coefficient (Wildman–Crippen LogP) is 1.89. The number of hydrogen-bond donors (Lipinski definition) is 11. The second-order valence-corrected chi connectivity index (χ2v) is 19.1. The van der Waals surface area contributed by atoms with Crippen molar-refractivity contribution >= 4 is 75.8 Å². The molecule has 1 aliphatic carbocycles.